The lowest BCUT2D eigenvalue weighted by Gasteiger charge is -2.25. The van der Waals surface area contributed by atoms with Gasteiger partial charge in [0.15, 0.2) is 6.61 Å². The van der Waals surface area contributed by atoms with E-state index < -0.39 is 17.5 Å². The molecule has 0 atom stereocenters. The summed E-state index contributed by atoms with van der Waals surface area (Å²) in [5, 5.41) is 0. The van der Waals surface area contributed by atoms with Crippen LogP contribution in [0.3, 0.4) is 0 Å². The Morgan fingerprint density at radius 2 is 2.00 bits per heavy atom. The third kappa shape index (κ3) is 3.67. The maximum atomic E-state index is 13.9. The maximum Gasteiger partial charge on any atom is 0.257 e. The van der Waals surface area contributed by atoms with Crippen LogP contribution >= 0.6 is 0 Å². The molecule has 2 aromatic carbocycles. The molecule has 0 aliphatic carbocycles. The van der Waals surface area contributed by atoms with Gasteiger partial charge in [0.2, 0.25) is 5.89 Å². The van der Waals surface area contributed by atoms with Gasteiger partial charge in [0.1, 0.15) is 23.1 Å². The SMILES string of the molecule is O=C(c1ccc(F)cc1F)N1CCc2nc(COc3ccccc3)oc2C1. The Kier molecular flexibility index (Phi) is 4.58. The summed E-state index contributed by atoms with van der Waals surface area (Å²) in [4.78, 5) is 18.4. The van der Waals surface area contributed by atoms with Crippen molar-refractivity contribution in [1.29, 1.82) is 0 Å². The quantitative estimate of drug-likeness (QED) is 0.702. The van der Waals surface area contributed by atoms with Gasteiger partial charge in [-0.25, -0.2) is 13.8 Å². The van der Waals surface area contributed by atoms with E-state index in [0.29, 0.717) is 36.4 Å². The Bertz CT molecular complexity index is 973. The number of halogens is 2. The molecule has 2 heterocycles. The molecule has 1 amide bonds. The highest BCUT2D eigenvalue weighted by molar-refractivity contribution is 5.94. The van der Waals surface area contributed by atoms with Crippen molar-refractivity contribution in [3.8, 4) is 5.75 Å². The van der Waals surface area contributed by atoms with E-state index in [1.165, 1.54) is 4.90 Å². The number of rotatable bonds is 4. The second kappa shape index (κ2) is 7.19. The van der Waals surface area contributed by atoms with Crippen molar-refractivity contribution >= 4 is 5.91 Å². The topological polar surface area (TPSA) is 55.6 Å². The number of hydrogen-bond acceptors (Lipinski definition) is 4. The predicted octanol–water partition coefficient (Wildman–Crippen LogP) is 3.73. The van der Waals surface area contributed by atoms with Crippen LogP contribution in [-0.2, 0) is 19.6 Å². The van der Waals surface area contributed by atoms with Crippen LogP contribution in [0.1, 0.15) is 27.7 Å². The fraction of sp³-hybridized carbons (Fsp3) is 0.200. The van der Waals surface area contributed by atoms with Crippen molar-refractivity contribution in [2.24, 2.45) is 0 Å². The number of hydrogen-bond donors (Lipinski definition) is 0. The van der Waals surface area contributed by atoms with Crippen molar-refractivity contribution in [2.45, 2.75) is 19.6 Å². The third-order valence-corrected chi connectivity index (χ3v) is 4.33. The molecule has 1 aliphatic heterocycles. The molecule has 0 fully saturated rings. The minimum atomic E-state index is -0.875. The normalized spacial score (nSPS) is 13.3. The number of oxazole rings is 1. The molecule has 0 radical (unpaired) electrons. The van der Waals surface area contributed by atoms with Crippen LogP contribution in [0.5, 0.6) is 5.75 Å². The molecule has 0 bridgehead atoms. The van der Waals surface area contributed by atoms with Crippen LogP contribution in [0.25, 0.3) is 0 Å². The number of carbonyl (C=O) groups is 1. The van der Waals surface area contributed by atoms with E-state index in [1.54, 1.807) is 0 Å². The van der Waals surface area contributed by atoms with E-state index in [4.69, 9.17) is 9.15 Å². The molecular formula is C20H16F2N2O3. The fourth-order valence-corrected chi connectivity index (χ4v) is 2.98. The Hall–Kier alpha value is -3.22. The Morgan fingerprint density at radius 3 is 2.78 bits per heavy atom. The summed E-state index contributed by atoms with van der Waals surface area (Å²) in [5.41, 5.74) is 0.609. The molecule has 0 unspecified atom stereocenters. The van der Waals surface area contributed by atoms with Crippen molar-refractivity contribution < 1.29 is 22.7 Å². The first-order chi connectivity index (χ1) is 13.1. The van der Waals surface area contributed by atoms with Gasteiger partial charge in [-0.1, -0.05) is 18.2 Å². The summed E-state index contributed by atoms with van der Waals surface area (Å²) in [6.07, 6.45) is 0.499. The number of nitrogens with zero attached hydrogens (tertiary/aromatic N) is 2. The van der Waals surface area contributed by atoms with E-state index in [9.17, 15) is 13.6 Å². The van der Waals surface area contributed by atoms with Gasteiger partial charge in [-0.15, -0.1) is 0 Å². The smallest absolute Gasteiger partial charge is 0.257 e. The molecule has 3 aromatic rings. The minimum absolute atomic E-state index is 0.160. The van der Waals surface area contributed by atoms with E-state index in [1.807, 2.05) is 30.3 Å². The molecule has 27 heavy (non-hydrogen) atoms. The first-order valence-electron chi connectivity index (χ1n) is 8.50. The van der Waals surface area contributed by atoms with E-state index in [-0.39, 0.29) is 18.7 Å². The highest BCUT2D eigenvalue weighted by Crippen LogP contribution is 2.23. The summed E-state index contributed by atoms with van der Waals surface area (Å²) in [5.74, 6) is -0.410. The molecule has 0 N–H and O–H groups in total. The number of fused-ring (bicyclic) bond motifs is 1. The number of ether oxygens (including phenoxy) is 1. The van der Waals surface area contributed by atoms with Crippen molar-refractivity contribution in [1.82, 2.24) is 9.88 Å². The fourth-order valence-electron chi connectivity index (χ4n) is 2.98. The number of para-hydroxylation sites is 1. The number of benzene rings is 2. The van der Waals surface area contributed by atoms with Gasteiger partial charge in [0.25, 0.3) is 5.91 Å². The molecule has 1 aliphatic rings. The van der Waals surface area contributed by atoms with Gasteiger partial charge in [-0.3, -0.25) is 4.79 Å². The first-order valence-corrected chi connectivity index (χ1v) is 8.50. The monoisotopic (exact) mass is 370 g/mol. The van der Waals surface area contributed by atoms with Crippen LogP contribution in [0.15, 0.2) is 52.9 Å². The standard InChI is InChI=1S/C20H16F2N2O3/c21-13-6-7-15(16(22)10-13)20(25)24-9-8-17-18(11-24)27-19(23-17)12-26-14-4-2-1-3-5-14/h1-7,10H,8-9,11-12H2. The maximum absolute atomic E-state index is 13.9. The second-order valence-corrected chi connectivity index (χ2v) is 6.18. The largest absolute Gasteiger partial charge is 0.484 e. The molecule has 5 nitrogen and oxygen atoms in total. The molecule has 4 rings (SSSR count). The summed E-state index contributed by atoms with van der Waals surface area (Å²) >= 11 is 0. The second-order valence-electron chi connectivity index (χ2n) is 6.18. The molecule has 0 spiro atoms. The zero-order valence-electron chi connectivity index (χ0n) is 14.3. The Balaban J connectivity index is 1.45. The zero-order chi connectivity index (χ0) is 18.8. The van der Waals surface area contributed by atoms with Crippen LogP contribution in [-0.4, -0.2) is 22.3 Å². The van der Waals surface area contributed by atoms with Crippen LogP contribution in [0, 0.1) is 11.6 Å². The average molecular weight is 370 g/mol. The molecule has 0 saturated carbocycles. The Labute approximate surface area is 154 Å². The average Bonchev–Trinajstić information content (AvgIpc) is 3.09. The van der Waals surface area contributed by atoms with Crippen LogP contribution < -0.4 is 4.74 Å². The third-order valence-electron chi connectivity index (χ3n) is 4.33. The van der Waals surface area contributed by atoms with Gasteiger partial charge in [0, 0.05) is 19.0 Å². The van der Waals surface area contributed by atoms with E-state index in [0.717, 1.165) is 17.8 Å². The molecule has 1 aromatic heterocycles. The highest BCUT2D eigenvalue weighted by atomic mass is 19.1. The van der Waals surface area contributed by atoms with Crippen LogP contribution in [0.2, 0.25) is 0 Å². The summed E-state index contributed by atoms with van der Waals surface area (Å²) in [6.45, 7) is 0.745. The van der Waals surface area contributed by atoms with Gasteiger partial charge >= 0.3 is 0 Å². The minimum Gasteiger partial charge on any atom is -0.484 e. The molecular weight excluding hydrogens is 354 g/mol. The summed E-state index contributed by atoms with van der Waals surface area (Å²) in [7, 11) is 0. The van der Waals surface area contributed by atoms with Gasteiger partial charge < -0.3 is 14.1 Å². The lowest BCUT2D eigenvalue weighted by Crippen LogP contribution is -2.36. The van der Waals surface area contributed by atoms with Gasteiger partial charge in [-0.2, -0.15) is 0 Å². The number of carbonyl (C=O) groups excluding carboxylic acids is 1. The Morgan fingerprint density at radius 1 is 1.19 bits per heavy atom. The highest BCUT2D eigenvalue weighted by Gasteiger charge is 2.27. The summed E-state index contributed by atoms with van der Waals surface area (Å²) < 4.78 is 38.3. The first kappa shape index (κ1) is 17.2. The molecule has 0 saturated heterocycles. The zero-order valence-corrected chi connectivity index (χ0v) is 14.3. The molecule has 138 valence electrons. The van der Waals surface area contributed by atoms with Gasteiger partial charge in [-0.05, 0) is 24.3 Å². The van der Waals surface area contributed by atoms with Gasteiger partial charge in [0.05, 0.1) is 17.8 Å². The van der Waals surface area contributed by atoms with E-state index >= 15 is 0 Å². The lowest BCUT2D eigenvalue weighted by molar-refractivity contribution is 0.0713. The predicted molar refractivity (Wildman–Crippen MR) is 92.1 cm³/mol. The van der Waals surface area contributed by atoms with Crippen molar-refractivity contribution in [3.63, 3.8) is 0 Å². The van der Waals surface area contributed by atoms with Crippen molar-refractivity contribution in [2.75, 3.05) is 6.54 Å². The van der Waals surface area contributed by atoms with Crippen molar-refractivity contribution in [3.05, 3.63) is 83.1 Å². The number of amides is 1. The molecule has 7 heteroatoms. The summed E-state index contributed by atoms with van der Waals surface area (Å²) in [6, 6.07) is 12.2. The van der Waals surface area contributed by atoms with Crippen LogP contribution in [0.4, 0.5) is 8.78 Å². The number of aromatic nitrogens is 1. The lowest BCUT2D eigenvalue weighted by atomic mass is 10.1. The van der Waals surface area contributed by atoms with E-state index in [2.05, 4.69) is 4.98 Å².